The smallest absolute Gasteiger partial charge is 0.329 e. The molecule has 0 unspecified atom stereocenters. The lowest BCUT2D eigenvalue weighted by Crippen LogP contribution is -2.46. The topological polar surface area (TPSA) is 87.7 Å². The second-order valence-corrected chi connectivity index (χ2v) is 7.96. The second-order valence-electron chi connectivity index (χ2n) is 7.55. The first-order valence-corrected chi connectivity index (χ1v) is 11.0. The van der Waals surface area contributed by atoms with E-state index in [0.29, 0.717) is 5.69 Å². The summed E-state index contributed by atoms with van der Waals surface area (Å²) in [4.78, 5) is 39.4. The fourth-order valence-corrected chi connectivity index (χ4v) is 3.35. The van der Waals surface area contributed by atoms with E-state index in [9.17, 15) is 14.4 Å². The summed E-state index contributed by atoms with van der Waals surface area (Å²) < 4.78 is 5.16. The molecule has 7 nitrogen and oxygen atoms in total. The van der Waals surface area contributed by atoms with Gasteiger partial charge in [0.05, 0.1) is 10.6 Å². The highest BCUT2D eigenvalue weighted by Crippen LogP contribution is 2.18. The molecule has 32 heavy (non-hydrogen) atoms. The predicted octanol–water partition coefficient (Wildman–Crippen LogP) is 4.12. The van der Waals surface area contributed by atoms with Crippen LogP contribution in [0.25, 0.3) is 0 Å². The van der Waals surface area contributed by atoms with Gasteiger partial charge in [0.15, 0.2) is 6.61 Å². The van der Waals surface area contributed by atoms with Crippen LogP contribution in [0, 0.1) is 5.92 Å². The van der Waals surface area contributed by atoms with E-state index < -0.39 is 30.4 Å². The van der Waals surface area contributed by atoms with E-state index in [2.05, 4.69) is 29.4 Å². The van der Waals surface area contributed by atoms with E-state index in [1.165, 1.54) is 0 Å². The van der Waals surface area contributed by atoms with Crippen LogP contribution >= 0.6 is 11.6 Å². The van der Waals surface area contributed by atoms with Gasteiger partial charge in [-0.25, -0.2) is 4.79 Å². The van der Waals surface area contributed by atoms with Gasteiger partial charge in [0.1, 0.15) is 6.04 Å². The van der Waals surface area contributed by atoms with Gasteiger partial charge in [-0.2, -0.15) is 0 Å². The number of nitrogens with one attached hydrogen (secondary N) is 2. The summed E-state index contributed by atoms with van der Waals surface area (Å²) in [6.07, 6.45) is 0. The van der Waals surface area contributed by atoms with Gasteiger partial charge in [0.25, 0.3) is 11.8 Å². The third-order valence-electron chi connectivity index (χ3n) is 4.95. The summed E-state index contributed by atoms with van der Waals surface area (Å²) in [5, 5.41) is 5.63. The Morgan fingerprint density at radius 1 is 1.00 bits per heavy atom. The summed E-state index contributed by atoms with van der Waals surface area (Å²) in [5.74, 6) is -1.88. The Labute approximate surface area is 194 Å². The fraction of sp³-hybridized carbons (Fsp3) is 0.375. The van der Waals surface area contributed by atoms with Crippen molar-refractivity contribution in [3.63, 3.8) is 0 Å². The standard InChI is InChI=1S/C24H30ClN3O4/c1-5-28(6-2)18-13-11-17(12-14-18)26-21(29)15-32-24(31)22(16(3)4)27-23(30)19-9-7-8-10-20(19)25/h7-14,16,22H,5-6,15H2,1-4H3,(H,26,29)(H,27,30)/t22-/m1/s1. The van der Waals surface area contributed by atoms with E-state index in [1.54, 1.807) is 50.2 Å². The molecule has 0 heterocycles. The third kappa shape index (κ3) is 6.99. The van der Waals surface area contributed by atoms with Crippen LogP contribution in [0.1, 0.15) is 38.1 Å². The van der Waals surface area contributed by atoms with E-state index in [1.807, 2.05) is 12.1 Å². The molecule has 2 amide bonds. The van der Waals surface area contributed by atoms with Crippen molar-refractivity contribution in [2.24, 2.45) is 5.92 Å². The van der Waals surface area contributed by atoms with Crippen LogP contribution in [0.4, 0.5) is 11.4 Å². The van der Waals surface area contributed by atoms with E-state index in [-0.39, 0.29) is 16.5 Å². The zero-order valence-corrected chi connectivity index (χ0v) is 19.6. The summed E-state index contributed by atoms with van der Waals surface area (Å²) in [6.45, 7) is 9.03. The summed E-state index contributed by atoms with van der Waals surface area (Å²) in [7, 11) is 0. The molecule has 0 fully saturated rings. The molecule has 2 N–H and O–H groups in total. The third-order valence-corrected chi connectivity index (χ3v) is 5.28. The first kappa shape index (κ1) is 25.2. The van der Waals surface area contributed by atoms with Gasteiger partial charge < -0.3 is 20.3 Å². The number of rotatable bonds is 10. The van der Waals surface area contributed by atoms with E-state index >= 15 is 0 Å². The molecule has 0 spiro atoms. The molecule has 2 aromatic carbocycles. The monoisotopic (exact) mass is 459 g/mol. The highest BCUT2D eigenvalue weighted by atomic mass is 35.5. The molecule has 2 aromatic rings. The number of nitrogens with zero attached hydrogens (tertiary/aromatic N) is 1. The molecule has 0 aliphatic heterocycles. The maximum Gasteiger partial charge on any atom is 0.329 e. The minimum Gasteiger partial charge on any atom is -0.454 e. The molecule has 2 rings (SSSR count). The molecule has 172 valence electrons. The average molecular weight is 460 g/mol. The van der Waals surface area contributed by atoms with E-state index in [0.717, 1.165) is 18.8 Å². The number of benzene rings is 2. The number of ether oxygens (including phenoxy) is 1. The van der Waals surface area contributed by atoms with Gasteiger partial charge in [0, 0.05) is 24.5 Å². The number of hydrogen-bond donors (Lipinski definition) is 2. The van der Waals surface area contributed by atoms with Crippen LogP contribution in [0.15, 0.2) is 48.5 Å². The molecule has 1 atom stereocenters. The molecular formula is C24H30ClN3O4. The number of hydrogen-bond acceptors (Lipinski definition) is 5. The number of halogens is 1. The van der Waals surface area contributed by atoms with Crippen LogP contribution in [-0.4, -0.2) is 43.5 Å². The second kappa shape index (κ2) is 12.1. The van der Waals surface area contributed by atoms with Crippen molar-refractivity contribution in [2.75, 3.05) is 29.9 Å². The Balaban J connectivity index is 1.91. The van der Waals surface area contributed by atoms with Gasteiger partial charge in [-0.1, -0.05) is 37.6 Å². The first-order chi connectivity index (χ1) is 15.3. The Kier molecular flexibility index (Phi) is 9.53. The molecule has 0 aliphatic rings. The maximum absolute atomic E-state index is 12.5. The number of esters is 1. The quantitative estimate of drug-likeness (QED) is 0.522. The Morgan fingerprint density at radius 2 is 1.62 bits per heavy atom. The SMILES string of the molecule is CCN(CC)c1ccc(NC(=O)COC(=O)[C@H](NC(=O)c2ccccc2Cl)C(C)C)cc1. The van der Waals surface area contributed by atoms with Crippen LogP contribution in [0.5, 0.6) is 0 Å². The summed E-state index contributed by atoms with van der Waals surface area (Å²) in [5.41, 5.74) is 1.93. The Bertz CT molecular complexity index is 927. The van der Waals surface area contributed by atoms with Crippen LogP contribution in [0.2, 0.25) is 5.02 Å². The average Bonchev–Trinajstić information content (AvgIpc) is 2.77. The summed E-state index contributed by atoms with van der Waals surface area (Å²) >= 11 is 6.05. The van der Waals surface area contributed by atoms with Crippen molar-refractivity contribution in [3.05, 3.63) is 59.1 Å². The van der Waals surface area contributed by atoms with Gasteiger partial charge in [-0.3, -0.25) is 9.59 Å². The highest BCUT2D eigenvalue weighted by molar-refractivity contribution is 6.33. The molecular weight excluding hydrogens is 430 g/mol. The van der Waals surface area contributed by atoms with Crippen LogP contribution in [-0.2, 0) is 14.3 Å². The van der Waals surface area contributed by atoms with Gasteiger partial charge in [0.2, 0.25) is 0 Å². The zero-order chi connectivity index (χ0) is 23.7. The summed E-state index contributed by atoms with van der Waals surface area (Å²) in [6, 6.07) is 13.1. The molecule has 0 saturated carbocycles. The van der Waals surface area contributed by atoms with Gasteiger partial charge in [-0.15, -0.1) is 0 Å². The largest absolute Gasteiger partial charge is 0.454 e. The number of amides is 2. The lowest BCUT2D eigenvalue weighted by atomic mass is 10.0. The van der Waals surface area contributed by atoms with Gasteiger partial charge in [-0.05, 0) is 56.2 Å². The first-order valence-electron chi connectivity index (χ1n) is 10.6. The molecule has 0 aliphatic carbocycles. The maximum atomic E-state index is 12.5. The Morgan fingerprint density at radius 3 is 2.19 bits per heavy atom. The Hall–Kier alpha value is -3.06. The van der Waals surface area contributed by atoms with Crippen molar-refractivity contribution < 1.29 is 19.1 Å². The number of carbonyl (C=O) groups is 3. The molecule has 0 saturated heterocycles. The lowest BCUT2D eigenvalue weighted by molar-refractivity contribution is -0.150. The fourth-order valence-electron chi connectivity index (χ4n) is 3.13. The van der Waals surface area contributed by atoms with Crippen molar-refractivity contribution in [1.29, 1.82) is 0 Å². The zero-order valence-electron chi connectivity index (χ0n) is 18.9. The molecule has 0 aromatic heterocycles. The van der Waals surface area contributed by atoms with Crippen LogP contribution in [0.3, 0.4) is 0 Å². The van der Waals surface area contributed by atoms with Gasteiger partial charge >= 0.3 is 5.97 Å². The minimum absolute atomic E-state index is 0.246. The molecule has 0 radical (unpaired) electrons. The number of carbonyl (C=O) groups excluding carboxylic acids is 3. The van der Waals surface area contributed by atoms with Crippen molar-refractivity contribution in [1.82, 2.24) is 5.32 Å². The normalized spacial score (nSPS) is 11.6. The van der Waals surface area contributed by atoms with Crippen molar-refractivity contribution >= 4 is 40.8 Å². The number of anilines is 2. The van der Waals surface area contributed by atoms with Crippen molar-refractivity contribution in [3.8, 4) is 0 Å². The molecule has 8 heteroatoms. The lowest BCUT2D eigenvalue weighted by Gasteiger charge is -2.21. The highest BCUT2D eigenvalue weighted by Gasteiger charge is 2.27. The van der Waals surface area contributed by atoms with Crippen LogP contribution < -0.4 is 15.5 Å². The molecule has 0 bridgehead atoms. The minimum atomic E-state index is -0.917. The van der Waals surface area contributed by atoms with E-state index in [4.69, 9.17) is 16.3 Å². The van der Waals surface area contributed by atoms with Crippen molar-refractivity contribution in [2.45, 2.75) is 33.7 Å². The predicted molar refractivity (Wildman–Crippen MR) is 127 cm³/mol.